The molecule has 0 radical (unpaired) electrons. The molecule has 2 rings (SSSR count). The monoisotopic (exact) mass is 475 g/mol. The zero-order chi connectivity index (χ0) is 24.7. The fraction of sp³-hybridized carbons (Fsp3) is 0.478. The Balaban J connectivity index is 2.53. The van der Waals surface area contributed by atoms with Crippen molar-refractivity contribution in [2.75, 3.05) is 24.3 Å². The van der Waals surface area contributed by atoms with Crippen molar-refractivity contribution < 1.29 is 19.1 Å². The average Bonchev–Trinajstić information content (AvgIpc) is 3.14. The van der Waals surface area contributed by atoms with E-state index in [1.165, 1.54) is 4.90 Å². The molecule has 0 fully saturated rings. The SMILES string of the molecule is COc1ccc(N(C(=O)c2snc(C(N)=O)c2N)[C@H](CC(C)C)C(=O)NCCC(C)C)cc1. The first-order valence-corrected chi connectivity index (χ1v) is 11.6. The molecule has 0 aliphatic heterocycles. The summed E-state index contributed by atoms with van der Waals surface area (Å²) in [6.07, 6.45) is 1.24. The second kappa shape index (κ2) is 11.6. The zero-order valence-corrected chi connectivity index (χ0v) is 20.6. The molecule has 10 heteroatoms. The lowest BCUT2D eigenvalue weighted by atomic mass is 10.00. The van der Waals surface area contributed by atoms with Crippen LogP contribution in [0, 0.1) is 11.8 Å². The van der Waals surface area contributed by atoms with Crippen molar-refractivity contribution in [2.45, 2.75) is 46.6 Å². The number of nitrogens with two attached hydrogens (primary N) is 2. The Morgan fingerprint density at radius 2 is 1.76 bits per heavy atom. The number of carbonyl (C=O) groups is 3. The van der Waals surface area contributed by atoms with Gasteiger partial charge < -0.3 is 21.5 Å². The third kappa shape index (κ3) is 6.67. The Bertz CT molecular complexity index is 972. The molecule has 5 N–H and O–H groups in total. The van der Waals surface area contributed by atoms with E-state index in [0.29, 0.717) is 30.3 Å². The van der Waals surface area contributed by atoms with Gasteiger partial charge in [-0.25, -0.2) is 0 Å². The number of aromatic nitrogens is 1. The number of ether oxygens (including phenoxy) is 1. The minimum Gasteiger partial charge on any atom is -0.497 e. The molecule has 3 amide bonds. The molecular weight excluding hydrogens is 442 g/mol. The molecular formula is C23H33N5O4S. The van der Waals surface area contributed by atoms with E-state index in [2.05, 4.69) is 23.5 Å². The third-order valence-electron chi connectivity index (χ3n) is 5.05. The molecule has 9 nitrogen and oxygen atoms in total. The van der Waals surface area contributed by atoms with Gasteiger partial charge in [0.15, 0.2) is 5.69 Å². The molecule has 1 aromatic carbocycles. The van der Waals surface area contributed by atoms with Crippen LogP contribution in [0.5, 0.6) is 5.75 Å². The first-order chi connectivity index (χ1) is 15.6. The summed E-state index contributed by atoms with van der Waals surface area (Å²) in [6.45, 7) is 8.63. The zero-order valence-electron chi connectivity index (χ0n) is 19.8. The van der Waals surface area contributed by atoms with Gasteiger partial charge in [0.1, 0.15) is 16.7 Å². The maximum atomic E-state index is 13.7. The number of methoxy groups -OCH3 is 1. The molecule has 1 atom stereocenters. The molecule has 33 heavy (non-hydrogen) atoms. The van der Waals surface area contributed by atoms with Crippen LogP contribution in [0.25, 0.3) is 0 Å². The maximum absolute atomic E-state index is 13.7. The van der Waals surface area contributed by atoms with Crippen LogP contribution >= 0.6 is 11.5 Å². The second-order valence-electron chi connectivity index (χ2n) is 8.63. The van der Waals surface area contributed by atoms with Gasteiger partial charge in [-0.2, -0.15) is 4.37 Å². The highest BCUT2D eigenvalue weighted by Gasteiger charge is 2.35. The van der Waals surface area contributed by atoms with Crippen molar-refractivity contribution in [2.24, 2.45) is 17.6 Å². The minimum atomic E-state index is -0.816. The lowest BCUT2D eigenvalue weighted by Gasteiger charge is -2.32. The number of rotatable bonds is 11. The van der Waals surface area contributed by atoms with Gasteiger partial charge >= 0.3 is 0 Å². The number of amides is 3. The van der Waals surface area contributed by atoms with Crippen LogP contribution in [0.1, 0.15) is 60.7 Å². The van der Waals surface area contributed by atoms with E-state index < -0.39 is 17.9 Å². The van der Waals surface area contributed by atoms with Crippen LogP contribution in [0.3, 0.4) is 0 Å². The number of nitrogens with one attached hydrogen (secondary N) is 1. The standard InChI is InChI=1S/C23H33N5O4S/c1-13(2)10-11-26-22(30)17(12-14(3)4)28(15-6-8-16(32-5)9-7-15)23(31)20-18(24)19(21(25)29)27-33-20/h6-9,13-14,17H,10-12,24H2,1-5H3,(H2,25,29)(H,26,30)/t17-/m1/s1. The Morgan fingerprint density at radius 1 is 1.12 bits per heavy atom. The largest absolute Gasteiger partial charge is 0.497 e. The van der Waals surface area contributed by atoms with Crippen LogP contribution in [0.4, 0.5) is 11.4 Å². The number of nitrogen functional groups attached to an aromatic ring is 1. The van der Waals surface area contributed by atoms with E-state index in [0.717, 1.165) is 18.0 Å². The molecule has 1 heterocycles. The molecule has 0 saturated carbocycles. The smallest absolute Gasteiger partial charge is 0.272 e. The van der Waals surface area contributed by atoms with Crippen LogP contribution in [-0.2, 0) is 4.79 Å². The van der Waals surface area contributed by atoms with E-state index in [1.807, 2.05) is 13.8 Å². The maximum Gasteiger partial charge on any atom is 0.272 e. The van der Waals surface area contributed by atoms with Gasteiger partial charge in [-0.3, -0.25) is 19.3 Å². The van der Waals surface area contributed by atoms with Gasteiger partial charge in [0.2, 0.25) is 5.91 Å². The molecule has 0 bridgehead atoms. The Hall–Kier alpha value is -3.14. The van der Waals surface area contributed by atoms with Gasteiger partial charge in [0.25, 0.3) is 11.8 Å². The number of hydrogen-bond acceptors (Lipinski definition) is 7. The van der Waals surface area contributed by atoms with Crippen LogP contribution in [0.15, 0.2) is 24.3 Å². The number of carbonyl (C=O) groups excluding carboxylic acids is 3. The quantitative estimate of drug-likeness (QED) is 0.456. The van der Waals surface area contributed by atoms with E-state index in [9.17, 15) is 14.4 Å². The summed E-state index contributed by atoms with van der Waals surface area (Å²) in [7, 11) is 1.55. The van der Waals surface area contributed by atoms with Crippen molar-refractivity contribution >= 4 is 40.6 Å². The van der Waals surface area contributed by atoms with Crippen molar-refractivity contribution in [3.63, 3.8) is 0 Å². The lowest BCUT2D eigenvalue weighted by molar-refractivity contribution is -0.122. The summed E-state index contributed by atoms with van der Waals surface area (Å²) < 4.78 is 9.18. The van der Waals surface area contributed by atoms with E-state index >= 15 is 0 Å². The summed E-state index contributed by atoms with van der Waals surface area (Å²) in [4.78, 5) is 40.1. The number of nitrogens with zero attached hydrogens (tertiary/aromatic N) is 2. The normalized spacial score (nSPS) is 12.0. The van der Waals surface area contributed by atoms with Crippen LogP contribution < -0.4 is 26.4 Å². The number of primary amides is 1. The first-order valence-electron chi connectivity index (χ1n) is 10.9. The fourth-order valence-electron chi connectivity index (χ4n) is 3.30. The van der Waals surface area contributed by atoms with E-state index in [-0.39, 0.29) is 28.1 Å². The molecule has 1 aromatic heterocycles. The summed E-state index contributed by atoms with van der Waals surface area (Å²) in [6, 6.07) is 6.04. The highest BCUT2D eigenvalue weighted by Crippen LogP contribution is 2.30. The number of hydrogen-bond donors (Lipinski definition) is 3. The average molecular weight is 476 g/mol. The second-order valence-corrected chi connectivity index (χ2v) is 9.40. The molecule has 0 unspecified atom stereocenters. The summed E-state index contributed by atoms with van der Waals surface area (Å²) in [5, 5.41) is 2.96. The predicted molar refractivity (Wildman–Crippen MR) is 131 cm³/mol. The molecule has 2 aromatic rings. The third-order valence-corrected chi connectivity index (χ3v) is 5.91. The predicted octanol–water partition coefficient (Wildman–Crippen LogP) is 3.06. The first kappa shape index (κ1) is 26.1. The molecule has 0 saturated heterocycles. The van der Waals surface area contributed by atoms with Crippen molar-refractivity contribution in [3.05, 3.63) is 34.8 Å². The molecule has 0 aliphatic carbocycles. The van der Waals surface area contributed by atoms with Gasteiger partial charge in [-0.1, -0.05) is 27.7 Å². The van der Waals surface area contributed by atoms with Gasteiger partial charge in [-0.15, -0.1) is 0 Å². The molecule has 0 spiro atoms. The summed E-state index contributed by atoms with van der Waals surface area (Å²) in [5.41, 5.74) is 11.6. The Kier molecular flexibility index (Phi) is 9.22. The van der Waals surface area contributed by atoms with Crippen molar-refractivity contribution in [3.8, 4) is 5.75 Å². The number of anilines is 2. The van der Waals surface area contributed by atoms with Crippen molar-refractivity contribution in [1.82, 2.24) is 9.69 Å². The Morgan fingerprint density at radius 3 is 2.24 bits per heavy atom. The fourth-order valence-corrected chi connectivity index (χ4v) is 4.04. The van der Waals surface area contributed by atoms with Gasteiger partial charge in [0, 0.05) is 12.2 Å². The summed E-state index contributed by atoms with van der Waals surface area (Å²) in [5.74, 6) is -0.430. The Labute approximate surface area is 198 Å². The van der Waals surface area contributed by atoms with Crippen molar-refractivity contribution in [1.29, 1.82) is 0 Å². The van der Waals surface area contributed by atoms with Gasteiger partial charge in [-0.05, 0) is 60.5 Å². The highest BCUT2D eigenvalue weighted by atomic mass is 32.1. The number of benzene rings is 1. The highest BCUT2D eigenvalue weighted by molar-refractivity contribution is 7.09. The molecule has 0 aliphatic rings. The summed E-state index contributed by atoms with van der Waals surface area (Å²) >= 11 is 0.790. The van der Waals surface area contributed by atoms with Gasteiger partial charge in [0.05, 0.1) is 12.8 Å². The topological polar surface area (TPSA) is 141 Å². The van der Waals surface area contributed by atoms with Crippen LogP contribution in [-0.4, -0.2) is 41.8 Å². The molecule has 180 valence electrons. The van der Waals surface area contributed by atoms with Crippen LogP contribution in [0.2, 0.25) is 0 Å². The minimum absolute atomic E-state index is 0.0587. The lowest BCUT2D eigenvalue weighted by Crippen LogP contribution is -2.51. The van der Waals surface area contributed by atoms with E-state index in [4.69, 9.17) is 16.2 Å². The van der Waals surface area contributed by atoms with E-state index in [1.54, 1.807) is 31.4 Å².